The third kappa shape index (κ3) is 0.895. The van der Waals surface area contributed by atoms with Crippen LogP contribution in [0, 0.1) is 5.92 Å². The first kappa shape index (κ1) is 7.85. The van der Waals surface area contributed by atoms with E-state index in [4.69, 9.17) is 0 Å². The van der Waals surface area contributed by atoms with E-state index in [0.29, 0.717) is 6.04 Å². The Morgan fingerprint density at radius 2 is 2.14 bits per heavy atom. The van der Waals surface area contributed by atoms with Crippen molar-refractivity contribution in [3.05, 3.63) is 24.3 Å². The summed E-state index contributed by atoms with van der Waals surface area (Å²) in [7, 11) is 0. The highest BCUT2D eigenvalue weighted by molar-refractivity contribution is 6.00. The van der Waals surface area contributed by atoms with E-state index in [-0.39, 0.29) is 17.6 Å². The maximum absolute atomic E-state index is 11.7. The van der Waals surface area contributed by atoms with Crippen LogP contribution >= 0.6 is 0 Å². The van der Waals surface area contributed by atoms with Crippen molar-refractivity contribution in [2.75, 3.05) is 4.90 Å². The van der Waals surface area contributed by atoms with Crippen LogP contribution in [0.25, 0.3) is 0 Å². The number of hydrogen-bond acceptors (Lipinski definition) is 2. The van der Waals surface area contributed by atoms with Gasteiger partial charge in [-0.25, -0.2) is 0 Å². The zero-order valence-electron chi connectivity index (χ0n) is 7.68. The summed E-state index contributed by atoms with van der Waals surface area (Å²) in [6.07, 6.45) is 1.99. The molecular formula is C11H11NO2. The number of benzene rings is 1. The number of phenolic OH excluding ortho intramolecular Hbond substituents is 1. The van der Waals surface area contributed by atoms with Gasteiger partial charge in [0, 0.05) is 23.7 Å². The number of phenols is 1. The van der Waals surface area contributed by atoms with Gasteiger partial charge in [0.2, 0.25) is 5.91 Å². The lowest BCUT2D eigenvalue weighted by Gasteiger charge is -2.24. The van der Waals surface area contributed by atoms with Crippen LogP contribution in [0.3, 0.4) is 0 Å². The molecule has 14 heavy (non-hydrogen) atoms. The highest BCUT2D eigenvalue weighted by atomic mass is 16.3. The summed E-state index contributed by atoms with van der Waals surface area (Å²) in [6.45, 7) is 0. The fourth-order valence-electron chi connectivity index (χ4n) is 2.36. The highest BCUT2D eigenvalue weighted by Crippen LogP contribution is 2.44. The average Bonchev–Trinajstić information content (AvgIpc) is 2.55. The predicted octanol–water partition coefficient (Wildman–Crippen LogP) is 1.52. The minimum atomic E-state index is 0.222. The van der Waals surface area contributed by atoms with Gasteiger partial charge in [0.1, 0.15) is 5.75 Å². The first-order valence-corrected chi connectivity index (χ1v) is 4.88. The molecule has 0 unspecified atom stereocenters. The van der Waals surface area contributed by atoms with Gasteiger partial charge in [-0.1, -0.05) is 6.07 Å². The maximum Gasteiger partial charge on any atom is 0.230 e. The Balaban J connectivity index is 1.99. The van der Waals surface area contributed by atoms with E-state index in [1.165, 1.54) is 0 Å². The smallest absolute Gasteiger partial charge is 0.230 e. The second-order valence-corrected chi connectivity index (χ2v) is 4.05. The molecule has 3 nitrogen and oxygen atoms in total. The Bertz CT molecular complexity index is 396. The summed E-state index contributed by atoms with van der Waals surface area (Å²) in [5, 5.41) is 9.32. The standard InChI is InChI=1S/C11H11NO2/c13-10-3-1-2-8(6-10)12-9-4-7(5-9)11(12)14/h1-3,6-7,9,13H,4-5H2. The number of hydrogen-bond donors (Lipinski definition) is 1. The molecule has 4 rings (SSSR count). The number of amides is 1. The Kier molecular flexibility index (Phi) is 1.40. The van der Waals surface area contributed by atoms with Crippen molar-refractivity contribution in [2.45, 2.75) is 18.9 Å². The van der Waals surface area contributed by atoms with Crippen LogP contribution in [0.2, 0.25) is 0 Å². The van der Waals surface area contributed by atoms with Crippen LogP contribution in [0.5, 0.6) is 5.75 Å². The SMILES string of the molecule is O=C1C2CC(C2)N1c1cccc(O)c1. The lowest BCUT2D eigenvalue weighted by molar-refractivity contribution is -0.119. The molecule has 0 radical (unpaired) electrons. The fraction of sp³-hybridized carbons (Fsp3) is 0.364. The number of nitrogens with zero attached hydrogens (tertiary/aromatic N) is 1. The minimum Gasteiger partial charge on any atom is -0.508 e. The Morgan fingerprint density at radius 3 is 2.71 bits per heavy atom. The van der Waals surface area contributed by atoms with Crippen LogP contribution < -0.4 is 4.90 Å². The van der Waals surface area contributed by atoms with Gasteiger partial charge in [-0.3, -0.25) is 4.79 Å². The molecule has 72 valence electrons. The Hall–Kier alpha value is -1.51. The number of carbonyl (C=O) groups is 1. The molecule has 1 N–H and O–H groups in total. The van der Waals surface area contributed by atoms with E-state index in [0.717, 1.165) is 18.5 Å². The third-order valence-corrected chi connectivity index (χ3v) is 3.17. The third-order valence-electron chi connectivity index (χ3n) is 3.17. The van der Waals surface area contributed by atoms with Crippen molar-refractivity contribution >= 4 is 11.6 Å². The molecule has 3 fully saturated rings. The quantitative estimate of drug-likeness (QED) is 0.727. The lowest BCUT2D eigenvalue weighted by atomic mass is 9.86. The molecule has 1 aromatic carbocycles. The summed E-state index contributed by atoms with van der Waals surface area (Å²) >= 11 is 0. The van der Waals surface area contributed by atoms with Crippen LogP contribution in [0.4, 0.5) is 5.69 Å². The van der Waals surface area contributed by atoms with Crippen molar-refractivity contribution in [3.63, 3.8) is 0 Å². The van der Waals surface area contributed by atoms with Gasteiger partial charge in [-0.05, 0) is 25.0 Å². The van der Waals surface area contributed by atoms with Gasteiger partial charge in [0.15, 0.2) is 0 Å². The average molecular weight is 189 g/mol. The van der Waals surface area contributed by atoms with Crippen LogP contribution in [-0.4, -0.2) is 17.1 Å². The van der Waals surface area contributed by atoms with Gasteiger partial charge < -0.3 is 10.0 Å². The number of carbonyl (C=O) groups excluding carboxylic acids is 1. The summed E-state index contributed by atoms with van der Waals surface area (Å²) in [6, 6.07) is 7.30. The fourth-order valence-corrected chi connectivity index (χ4v) is 2.36. The molecule has 1 aromatic rings. The molecule has 0 atom stereocenters. The summed E-state index contributed by atoms with van der Waals surface area (Å²) < 4.78 is 0. The number of rotatable bonds is 1. The van der Waals surface area contributed by atoms with E-state index in [1.54, 1.807) is 18.2 Å². The predicted molar refractivity (Wildman–Crippen MR) is 52.1 cm³/mol. The molecule has 2 aliphatic heterocycles. The van der Waals surface area contributed by atoms with E-state index in [2.05, 4.69) is 0 Å². The number of anilines is 1. The van der Waals surface area contributed by atoms with Gasteiger partial charge in [0.05, 0.1) is 0 Å². The van der Waals surface area contributed by atoms with Crippen LogP contribution in [0.15, 0.2) is 24.3 Å². The van der Waals surface area contributed by atoms with E-state index in [9.17, 15) is 9.90 Å². The van der Waals surface area contributed by atoms with Gasteiger partial charge in [0.25, 0.3) is 0 Å². The first-order chi connectivity index (χ1) is 6.75. The normalized spacial score (nSPS) is 29.1. The van der Waals surface area contributed by atoms with Gasteiger partial charge >= 0.3 is 0 Å². The molecule has 1 aliphatic carbocycles. The molecule has 3 heteroatoms. The van der Waals surface area contributed by atoms with Crippen molar-refractivity contribution < 1.29 is 9.90 Å². The van der Waals surface area contributed by atoms with E-state index < -0.39 is 0 Å². The van der Waals surface area contributed by atoms with Crippen molar-refractivity contribution in [1.82, 2.24) is 0 Å². The zero-order chi connectivity index (χ0) is 9.71. The largest absolute Gasteiger partial charge is 0.508 e. The summed E-state index contributed by atoms with van der Waals surface area (Å²) in [5.41, 5.74) is 0.833. The second-order valence-electron chi connectivity index (χ2n) is 4.05. The molecule has 2 bridgehead atoms. The molecule has 2 saturated heterocycles. The van der Waals surface area contributed by atoms with Crippen molar-refractivity contribution in [2.24, 2.45) is 5.92 Å². The molecule has 0 spiro atoms. The Labute approximate surface area is 82.0 Å². The van der Waals surface area contributed by atoms with Crippen LogP contribution in [0.1, 0.15) is 12.8 Å². The number of aromatic hydroxyl groups is 1. The molecule has 1 amide bonds. The monoisotopic (exact) mass is 189 g/mol. The molecule has 1 saturated carbocycles. The zero-order valence-corrected chi connectivity index (χ0v) is 7.68. The Morgan fingerprint density at radius 1 is 1.36 bits per heavy atom. The molecule has 3 aliphatic rings. The van der Waals surface area contributed by atoms with E-state index in [1.807, 2.05) is 11.0 Å². The van der Waals surface area contributed by atoms with Crippen LogP contribution in [-0.2, 0) is 4.79 Å². The minimum absolute atomic E-state index is 0.222. The van der Waals surface area contributed by atoms with Crippen molar-refractivity contribution in [3.8, 4) is 5.75 Å². The summed E-state index contributed by atoms with van der Waals surface area (Å²) in [4.78, 5) is 13.5. The second kappa shape index (κ2) is 2.50. The van der Waals surface area contributed by atoms with Gasteiger partial charge in [-0.15, -0.1) is 0 Å². The summed E-state index contributed by atoms with van der Waals surface area (Å²) in [5.74, 6) is 0.697. The van der Waals surface area contributed by atoms with E-state index >= 15 is 0 Å². The first-order valence-electron chi connectivity index (χ1n) is 4.88. The van der Waals surface area contributed by atoms with Crippen molar-refractivity contribution in [1.29, 1.82) is 0 Å². The maximum atomic E-state index is 11.7. The topological polar surface area (TPSA) is 40.5 Å². The highest BCUT2D eigenvalue weighted by Gasteiger charge is 2.50. The molecule has 0 aromatic heterocycles. The molecule has 2 heterocycles. The number of fused-ring (bicyclic) bond motifs is 1. The van der Waals surface area contributed by atoms with Gasteiger partial charge in [-0.2, -0.15) is 0 Å². The lowest BCUT2D eigenvalue weighted by Crippen LogP contribution is -2.29. The molecular weight excluding hydrogens is 178 g/mol.